The fourth-order valence-corrected chi connectivity index (χ4v) is 3.90. The normalized spacial score (nSPS) is 14.7. The molecular weight excluding hydrogens is 356 g/mol. The molecule has 0 bridgehead atoms. The van der Waals surface area contributed by atoms with E-state index < -0.39 is 11.5 Å². The number of H-pyrrole nitrogens is 1. The van der Waals surface area contributed by atoms with E-state index in [9.17, 15) is 14.9 Å². The number of carbonyl (C=O) groups excluding carboxylic acids is 1. The number of hydrogen-bond donors (Lipinski definition) is 1. The largest absolute Gasteiger partial charge is 0.464 e. The van der Waals surface area contributed by atoms with Crippen molar-refractivity contribution in [2.24, 2.45) is 0 Å². The predicted molar refractivity (Wildman–Crippen MR) is 103 cm³/mol. The Bertz CT molecular complexity index is 1130. The second-order valence-electron chi connectivity index (χ2n) is 7.06. The molecule has 0 saturated heterocycles. The zero-order chi connectivity index (χ0) is 19.7. The van der Waals surface area contributed by atoms with Crippen LogP contribution < -0.4 is 5.56 Å². The van der Waals surface area contributed by atoms with Crippen molar-refractivity contribution < 1.29 is 9.53 Å². The standard InChI is InChI=1S/C21H20N4O3/c1-28-21(27)19-16(12-22)20-23-17(11-18(26)25(20)24-19)15-9-7-14(8-10-15)13-5-3-2-4-6-13/h7-11,13,24H,2-6H2,1H3. The van der Waals surface area contributed by atoms with Crippen molar-refractivity contribution in [2.75, 3.05) is 7.11 Å². The predicted octanol–water partition coefficient (Wildman–Crippen LogP) is 3.40. The van der Waals surface area contributed by atoms with Crippen molar-refractivity contribution in [3.63, 3.8) is 0 Å². The van der Waals surface area contributed by atoms with Gasteiger partial charge in [0.1, 0.15) is 11.6 Å². The lowest BCUT2D eigenvalue weighted by molar-refractivity contribution is 0.0593. The van der Waals surface area contributed by atoms with Crippen LogP contribution in [0.25, 0.3) is 16.9 Å². The third-order valence-corrected chi connectivity index (χ3v) is 5.40. The minimum Gasteiger partial charge on any atom is -0.464 e. The lowest BCUT2D eigenvalue weighted by atomic mass is 9.84. The average Bonchev–Trinajstić information content (AvgIpc) is 3.13. The SMILES string of the molecule is COC(=O)c1[nH]n2c(=O)cc(-c3ccc(C4CCCCC4)cc3)nc2c1C#N. The van der Waals surface area contributed by atoms with Crippen LogP contribution in [-0.4, -0.2) is 27.7 Å². The van der Waals surface area contributed by atoms with Crippen molar-refractivity contribution >= 4 is 11.6 Å². The fraction of sp³-hybridized carbons (Fsp3) is 0.333. The Morgan fingerprint density at radius 1 is 1.25 bits per heavy atom. The van der Waals surface area contributed by atoms with Gasteiger partial charge in [0.2, 0.25) is 0 Å². The van der Waals surface area contributed by atoms with E-state index in [1.54, 1.807) is 0 Å². The molecule has 0 aliphatic heterocycles. The van der Waals surface area contributed by atoms with Gasteiger partial charge in [0.15, 0.2) is 11.3 Å². The number of nitrogens with zero attached hydrogens (tertiary/aromatic N) is 3. The number of aromatic nitrogens is 3. The quantitative estimate of drug-likeness (QED) is 0.706. The Labute approximate surface area is 161 Å². The van der Waals surface area contributed by atoms with E-state index in [-0.39, 0.29) is 16.9 Å². The Hall–Kier alpha value is -3.40. The van der Waals surface area contributed by atoms with Crippen LogP contribution in [0, 0.1) is 11.3 Å². The Morgan fingerprint density at radius 2 is 1.96 bits per heavy atom. The van der Waals surface area contributed by atoms with Crippen LogP contribution in [0.3, 0.4) is 0 Å². The minimum atomic E-state index is -0.722. The first kappa shape index (κ1) is 18.0. The highest BCUT2D eigenvalue weighted by Crippen LogP contribution is 2.33. The van der Waals surface area contributed by atoms with E-state index in [2.05, 4.69) is 27.0 Å². The van der Waals surface area contributed by atoms with Crippen molar-refractivity contribution in [3.05, 3.63) is 57.5 Å². The smallest absolute Gasteiger partial charge is 0.357 e. The number of benzene rings is 1. The lowest BCUT2D eigenvalue weighted by Gasteiger charge is -2.22. The molecule has 0 radical (unpaired) electrons. The van der Waals surface area contributed by atoms with Crippen LogP contribution in [0.4, 0.5) is 0 Å². The molecule has 7 heteroatoms. The van der Waals surface area contributed by atoms with Gasteiger partial charge in [-0.25, -0.2) is 9.78 Å². The molecule has 0 amide bonds. The first-order valence-corrected chi connectivity index (χ1v) is 9.37. The molecule has 2 aromatic heterocycles. The topological polar surface area (TPSA) is 100 Å². The van der Waals surface area contributed by atoms with E-state index in [0.29, 0.717) is 11.6 Å². The van der Waals surface area contributed by atoms with Crippen molar-refractivity contribution in [2.45, 2.75) is 38.0 Å². The molecule has 1 aromatic carbocycles. The number of hydrogen-bond acceptors (Lipinski definition) is 5. The van der Waals surface area contributed by atoms with E-state index in [4.69, 9.17) is 0 Å². The number of fused-ring (bicyclic) bond motifs is 1. The highest BCUT2D eigenvalue weighted by atomic mass is 16.5. The fourth-order valence-electron chi connectivity index (χ4n) is 3.90. The second-order valence-corrected chi connectivity index (χ2v) is 7.06. The second kappa shape index (κ2) is 7.31. The zero-order valence-corrected chi connectivity index (χ0v) is 15.6. The van der Waals surface area contributed by atoms with E-state index in [1.165, 1.54) is 50.8 Å². The van der Waals surface area contributed by atoms with Gasteiger partial charge in [-0.1, -0.05) is 43.5 Å². The monoisotopic (exact) mass is 376 g/mol. The van der Waals surface area contributed by atoms with Crippen LogP contribution in [0.15, 0.2) is 35.1 Å². The first-order chi connectivity index (χ1) is 13.6. The van der Waals surface area contributed by atoms with Gasteiger partial charge in [0.25, 0.3) is 5.56 Å². The van der Waals surface area contributed by atoms with Gasteiger partial charge < -0.3 is 4.74 Å². The molecule has 0 spiro atoms. The molecule has 28 heavy (non-hydrogen) atoms. The van der Waals surface area contributed by atoms with Gasteiger partial charge in [-0.2, -0.15) is 9.78 Å². The number of methoxy groups -OCH3 is 1. The number of aromatic amines is 1. The number of esters is 1. The van der Waals surface area contributed by atoms with Gasteiger partial charge in [-0.15, -0.1) is 0 Å². The third-order valence-electron chi connectivity index (χ3n) is 5.40. The molecular formula is C21H20N4O3. The maximum absolute atomic E-state index is 12.5. The van der Waals surface area contributed by atoms with Crippen LogP contribution in [0.2, 0.25) is 0 Å². The van der Waals surface area contributed by atoms with Crippen LogP contribution in [-0.2, 0) is 4.74 Å². The summed E-state index contributed by atoms with van der Waals surface area (Å²) >= 11 is 0. The highest BCUT2D eigenvalue weighted by Gasteiger charge is 2.21. The molecule has 1 aliphatic rings. The summed E-state index contributed by atoms with van der Waals surface area (Å²) in [4.78, 5) is 28.8. The summed E-state index contributed by atoms with van der Waals surface area (Å²) in [5.74, 6) is -0.124. The Morgan fingerprint density at radius 3 is 2.61 bits per heavy atom. The average molecular weight is 376 g/mol. The number of rotatable bonds is 3. The van der Waals surface area contributed by atoms with Crippen molar-refractivity contribution in [3.8, 4) is 17.3 Å². The zero-order valence-electron chi connectivity index (χ0n) is 15.6. The number of nitrogens with one attached hydrogen (secondary N) is 1. The highest BCUT2D eigenvalue weighted by molar-refractivity contribution is 5.92. The molecule has 7 nitrogen and oxygen atoms in total. The molecule has 1 aliphatic carbocycles. The molecule has 2 heterocycles. The summed E-state index contributed by atoms with van der Waals surface area (Å²) in [5.41, 5.74) is 2.19. The summed E-state index contributed by atoms with van der Waals surface area (Å²) in [7, 11) is 1.21. The Kier molecular flexibility index (Phi) is 4.70. The molecule has 1 saturated carbocycles. The number of carbonyl (C=O) groups is 1. The molecule has 1 N–H and O–H groups in total. The summed E-state index contributed by atoms with van der Waals surface area (Å²) in [6.07, 6.45) is 6.29. The Balaban J connectivity index is 1.76. The first-order valence-electron chi connectivity index (χ1n) is 9.37. The summed E-state index contributed by atoms with van der Waals surface area (Å²) in [6.45, 7) is 0. The third kappa shape index (κ3) is 3.07. The molecule has 0 atom stereocenters. The van der Waals surface area contributed by atoms with Crippen molar-refractivity contribution in [1.82, 2.24) is 14.6 Å². The van der Waals surface area contributed by atoms with Crippen molar-refractivity contribution in [1.29, 1.82) is 5.26 Å². The minimum absolute atomic E-state index is 0.00961. The molecule has 1 fully saturated rings. The number of ether oxygens (including phenoxy) is 1. The van der Waals surface area contributed by atoms with Crippen LogP contribution >= 0.6 is 0 Å². The molecule has 0 unspecified atom stereocenters. The molecule has 4 rings (SSSR count). The van der Waals surface area contributed by atoms with Crippen LogP contribution in [0.5, 0.6) is 0 Å². The van der Waals surface area contributed by atoms with Crippen LogP contribution in [0.1, 0.15) is 59.6 Å². The molecule has 142 valence electrons. The summed E-state index contributed by atoms with van der Waals surface area (Å²) in [6, 6.07) is 11.4. The van der Waals surface area contributed by atoms with E-state index in [0.717, 1.165) is 10.1 Å². The number of nitriles is 1. The van der Waals surface area contributed by atoms with E-state index in [1.807, 2.05) is 18.2 Å². The van der Waals surface area contributed by atoms with E-state index >= 15 is 0 Å². The molecule has 3 aromatic rings. The maximum atomic E-state index is 12.5. The van der Waals surface area contributed by atoms with Gasteiger partial charge in [0, 0.05) is 11.6 Å². The maximum Gasteiger partial charge on any atom is 0.357 e. The summed E-state index contributed by atoms with van der Waals surface area (Å²) < 4.78 is 5.76. The van der Waals surface area contributed by atoms with Gasteiger partial charge in [-0.05, 0) is 24.3 Å². The lowest BCUT2D eigenvalue weighted by Crippen LogP contribution is -2.15. The summed E-state index contributed by atoms with van der Waals surface area (Å²) in [5, 5.41) is 12.1. The van der Waals surface area contributed by atoms with Gasteiger partial charge >= 0.3 is 5.97 Å². The van der Waals surface area contributed by atoms with Gasteiger partial charge in [-0.3, -0.25) is 9.89 Å². The van der Waals surface area contributed by atoms with Gasteiger partial charge in [0.05, 0.1) is 12.8 Å².